The van der Waals surface area contributed by atoms with E-state index in [4.69, 9.17) is 43.0 Å². The summed E-state index contributed by atoms with van der Waals surface area (Å²) in [6, 6.07) is -2.44. The molecule has 26 heavy (non-hydrogen) atoms. The van der Waals surface area contributed by atoms with Gasteiger partial charge in [-0.25, -0.2) is 4.79 Å². The molecular weight excluding hydrogens is 354 g/mol. The van der Waals surface area contributed by atoms with Gasteiger partial charge in [0, 0.05) is 6.54 Å². The van der Waals surface area contributed by atoms with E-state index in [0.29, 0.717) is 13.0 Å². The number of aliphatic hydroxyl groups is 3. The number of nitrogens with one attached hydrogen (secondary N) is 2. The molecule has 0 fully saturated rings. The zero-order valence-electron chi connectivity index (χ0n) is 14.1. The van der Waals surface area contributed by atoms with Crippen molar-refractivity contribution in [1.82, 2.24) is 5.32 Å². The summed E-state index contributed by atoms with van der Waals surface area (Å²) in [5.74, 6) is -3.55. The molecule has 0 aliphatic carbocycles. The van der Waals surface area contributed by atoms with E-state index >= 15 is 0 Å². The predicted octanol–water partition coefficient (Wildman–Crippen LogP) is -4.22. The van der Waals surface area contributed by atoms with Crippen molar-refractivity contribution in [3.05, 3.63) is 0 Å². The van der Waals surface area contributed by atoms with Crippen LogP contribution in [0.5, 0.6) is 0 Å². The number of nitrogens with two attached hydrogens (primary N) is 3. The van der Waals surface area contributed by atoms with Crippen LogP contribution in [0.2, 0.25) is 0 Å². The van der Waals surface area contributed by atoms with Crippen molar-refractivity contribution in [2.45, 2.75) is 37.5 Å². The Morgan fingerprint density at radius 1 is 1.12 bits per heavy atom. The van der Waals surface area contributed by atoms with Crippen LogP contribution in [0.4, 0.5) is 0 Å². The highest BCUT2D eigenvalue weighted by Crippen LogP contribution is 1.99. The van der Waals surface area contributed by atoms with Gasteiger partial charge in [-0.1, -0.05) is 0 Å². The number of carboxylic acids is 1. The molecule has 0 aromatic carbocycles. The van der Waals surface area contributed by atoms with Crippen LogP contribution in [-0.2, 0) is 19.1 Å². The van der Waals surface area contributed by atoms with Crippen LogP contribution in [0, 0.1) is 5.41 Å². The summed E-state index contributed by atoms with van der Waals surface area (Å²) in [6.45, 7) is -0.374. The maximum Gasteiger partial charge on any atom is 0.330 e. The third kappa shape index (κ3) is 15.2. The maximum atomic E-state index is 11.4. The monoisotopic (exact) mass is 381 g/mol. The number of rotatable bonds is 10. The minimum Gasteiger partial charge on any atom is -0.480 e. The molecule has 0 radical (unpaired) electrons. The minimum absolute atomic E-state index is 0.195. The van der Waals surface area contributed by atoms with E-state index in [1.807, 2.05) is 0 Å². The summed E-state index contributed by atoms with van der Waals surface area (Å²) in [4.78, 5) is 33.0. The van der Waals surface area contributed by atoms with Crippen molar-refractivity contribution in [2.24, 2.45) is 17.2 Å². The average molecular weight is 381 g/mol. The van der Waals surface area contributed by atoms with E-state index in [2.05, 4.69) is 10.1 Å². The van der Waals surface area contributed by atoms with Crippen molar-refractivity contribution in [3.63, 3.8) is 0 Å². The molecule has 0 aromatic rings. The van der Waals surface area contributed by atoms with Gasteiger partial charge in [0.05, 0.1) is 19.6 Å². The average Bonchev–Trinajstić information content (AvgIpc) is 2.57. The normalized spacial score (nSPS) is 12.4. The van der Waals surface area contributed by atoms with Gasteiger partial charge in [0.15, 0.2) is 5.96 Å². The van der Waals surface area contributed by atoms with Crippen LogP contribution in [0.25, 0.3) is 0 Å². The predicted molar refractivity (Wildman–Crippen MR) is 88.6 cm³/mol. The van der Waals surface area contributed by atoms with Crippen molar-refractivity contribution < 1.29 is 39.5 Å². The number of carboxylic acid groups (broad SMARTS) is 1. The van der Waals surface area contributed by atoms with Gasteiger partial charge in [-0.3, -0.25) is 15.0 Å². The summed E-state index contributed by atoms with van der Waals surface area (Å²) >= 11 is 0. The van der Waals surface area contributed by atoms with Gasteiger partial charge < -0.3 is 47.7 Å². The number of ether oxygens (including phenoxy) is 1. The number of hydrogen-bond acceptors (Lipinski definition) is 10. The molecular formula is C13H27N5O8. The third-order valence-electron chi connectivity index (χ3n) is 2.65. The Balaban J connectivity index is 0. The van der Waals surface area contributed by atoms with Gasteiger partial charge in [-0.05, 0) is 12.8 Å². The largest absolute Gasteiger partial charge is 0.480 e. The van der Waals surface area contributed by atoms with Crippen LogP contribution in [0.3, 0.4) is 0 Å². The molecule has 0 amide bonds. The van der Waals surface area contributed by atoms with Gasteiger partial charge in [0.2, 0.25) is 0 Å². The maximum absolute atomic E-state index is 11.4. The SMILES string of the molecule is N=C(N)NCCC[C@H](N)C(=O)OC(=O)C[C@H](N)C(=O)O.OCC(O)CO. The fraction of sp³-hybridized carbons (Fsp3) is 0.692. The number of carbonyl (C=O) groups excluding carboxylic acids is 2. The van der Waals surface area contributed by atoms with Crippen LogP contribution in [0.1, 0.15) is 19.3 Å². The quantitative estimate of drug-likeness (QED) is 0.0573. The molecule has 0 heterocycles. The molecule has 0 saturated heterocycles. The fourth-order valence-corrected chi connectivity index (χ4v) is 1.22. The van der Waals surface area contributed by atoms with E-state index in [-0.39, 0.29) is 25.6 Å². The molecule has 2 atom stereocenters. The Labute approximate surface area is 149 Å². The Hall–Kier alpha value is -2.32. The Morgan fingerprint density at radius 3 is 2.04 bits per heavy atom. The first kappa shape index (κ1) is 25.9. The van der Waals surface area contributed by atoms with Crippen LogP contribution < -0.4 is 22.5 Å². The second kappa shape index (κ2) is 15.0. The van der Waals surface area contributed by atoms with E-state index in [9.17, 15) is 14.4 Å². The standard InChI is InChI=1S/C10H19N5O5.C3H8O3/c11-5(2-1-3-15-10(13)14)9(19)20-7(16)4-6(12)8(17)18;4-1-3(6)2-5/h5-6H,1-4,11-12H2,(H,17,18)(H4,13,14,15);3-6H,1-2H2/t5-,6-;/m0./s1. The molecule has 0 saturated carbocycles. The molecule has 13 nitrogen and oxygen atoms in total. The lowest BCUT2D eigenvalue weighted by molar-refractivity contribution is -0.162. The number of aliphatic carboxylic acids is 1. The van der Waals surface area contributed by atoms with Gasteiger partial charge in [0.25, 0.3) is 0 Å². The van der Waals surface area contributed by atoms with Gasteiger partial charge in [-0.15, -0.1) is 0 Å². The lowest BCUT2D eigenvalue weighted by atomic mass is 10.1. The van der Waals surface area contributed by atoms with Gasteiger partial charge >= 0.3 is 17.9 Å². The number of aliphatic hydroxyl groups excluding tert-OH is 3. The van der Waals surface area contributed by atoms with Crippen molar-refractivity contribution in [1.29, 1.82) is 5.41 Å². The Morgan fingerprint density at radius 2 is 1.65 bits per heavy atom. The highest BCUT2D eigenvalue weighted by molar-refractivity contribution is 5.90. The number of guanidine groups is 1. The Bertz CT molecular complexity index is 458. The molecule has 0 spiro atoms. The van der Waals surface area contributed by atoms with Crippen LogP contribution in [-0.4, -0.2) is 82.2 Å². The number of carbonyl (C=O) groups is 3. The lowest BCUT2D eigenvalue weighted by Gasteiger charge is -2.11. The summed E-state index contributed by atoms with van der Waals surface area (Å²) in [7, 11) is 0. The van der Waals surface area contributed by atoms with E-state index < -0.39 is 42.5 Å². The first-order chi connectivity index (χ1) is 12.0. The smallest absolute Gasteiger partial charge is 0.330 e. The molecule has 0 aromatic heterocycles. The molecule has 12 N–H and O–H groups in total. The van der Waals surface area contributed by atoms with Crippen molar-refractivity contribution in [3.8, 4) is 0 Å². The Kier molecular flexibility index (Phi) is 14.9. The van der Waals surface area contributed by atoms with Crippen LogP contribution >= 0.6 is 0 Å². The second-order valence-corrected chi connectivity index (χ2v) is 5.05. The van der Waals surface area contributed by atoms with E-state index in [0.717, 1.165) is 0 Å². The topological polar surface area (TPSA) is 255 Å². The zero-order chi connectivity index (χ0) is 20.7. The molecule has 0 aliphatic heterocycles. The number of esters is 2. The fourth-order valence-electron chi connectivity index (χ4n) is 1.22. The summed E-state index contributed by atoms with van der Waals surface area (Å²) < 4.78 is 4.38. The van der Waals surface area contributed by atoms with Gasteiger partial charge in [-0.2, -0.15) is 0 Å². The zero-order valence-corrected chi connectivity index (χ0v) is 14.1. The molecule has 0 rings (SSSR count). The van der Waals surface area contributed by atoms with Gasteiger partial charge in [0.1, 0.15) is 18.2 Å². The molecule has 0 unspecified atom stereocenters. The number of hydrogen-bond donors (Lipinski definition) is 9. The van der Waals surface area contributed by atoms with Crippen molar-refractivity contribution >= 4 is 23.9 Å². The first-order valence-electron chi connectivity index (χ1n) is 7.51. The summed E-state index contributed by atoms with van der Waals surface area (Å²) in [6.07, 6.45) is -0.902. The molecule has 13 heteroatoms. The van der Waals surface area contributed by atoms with Crippen LogP contribution in [0.15, 0.2) is 0 Å². The minimum atomic E-state index is -1.42. The first-order valence-corrected chi connectivity index (χ1v) is 7.51. The lowest BCUT2D eigenvalue weighted by Crippen LogP contribution is -2.38. The highest BCUT2D eigenvalue weighted by atomic mass is 16.6. The molecule has 0 bridgehead atoms. The molecule has 152 valence electrons. The molecule has 0 aliphatic rings. The summed E-state index contributed by atoms with van der Waals surface area (Å²) in [5, 5.41) is 41.9. The second-order valence-electron chi connectivity index (χ2n) is 5.05. The van der Waals surface area contributed by atoms with E-state index in [1.54, 1.807) is 0 Å². The third-order valence-corrected chi connectivity index (χ3v) is 2.65. The van der Waals surface area contributed by atoms with E-state index in [1.165, 1.54) is 0 Å². The summed E-state index contributed by atoms with van der Waals surface area (Å²) in [5.41, 5.74) is 15.6. The highest BCUT2D eigenvalue weighted by Gasteiger charge is 2.22. The van der Waals surface area contributed by atoms with Crippen molar-refractivity contribution in [2.75, 3.05) is 19.8 Å².